The number of halogens is 1. The maximum atomic E-state index is 12.2. The molecular formula is C14H26INO4. The first-order valence-corrected chi connectivity index (χ1v) is 7.58. The Morgan fingerprint density at radius 1 is 1.15 bits per heavy atom. The summed E-state index contributed by atoms with van der Waals surface area (Å²) >= 11 is 1.65. The van der Waals surface area contributed by atoms with Crippen LogP contribution in [0.1, 0.15) is 57.1 Å². The van der Waals surface area contributed by atoms with Crippen molar-refractivity contribution in [1.29, 1.82) is 0 Å². The van der Waals surface area contributed by atoms with Crippen molar-refractivity contribution in [2.24, 2.45) is 0 Å². The first-order valence-electron chi connectivity index (χ1n) is 7.50. The molecule has 0 saturated heterocycles. The van der Waals surface area contributed by atoms with E-state index < -0.39 is 33.7 Å². The second kappa shape index (κ2) is 8.05. The third kappa shape index (κ3) is 10.3. The third-order valence-electron chi connectivity index (χ3n) is 1.91. The number of alkyl halides is 1. The highest BCUT2D eigenvalue weighted by molar-refractivity contribution is 14.1. The molecule has 118 valence electrons. The van der Waals surface area contributed by atoms with Crippen LogP contribution < -0.4 is 5.32 Å². The Hall–Kier alpha value is -0.530. The highest BCUT2D eigenvalue weighted by Gasteiger charge is 2.28. The molecule has 0 aromatic rings. The molecule has 20 heavy (non-hydrogen) atoms. The minimum Gasteiger partial charge on any atom is -0.458 e. The molecule has 0 radical (unpaired) electrons. The van der Waals surface area contributed by atoms with Gasteiger partial charge in [0.1, 0.15) is 17.2 Å². The lowest BCUT2D eigenvalue weighted by Gasteiger charge is -2.26. The number of amides is 1. The standard InChI is InChI=1S/C14H26INO4/c1-13(2,3)19-11(17)10(8-7-9-15)16-12(18)20-14(4,5)6/h10H,7-9H2,1-6H3,(H,16,18)/t10-/m1/s1/i8+1,9+1D2,16+1. The predicted octanol–water partition coefficient (Wildman–Crippen LogP) is 3.44. The molecule has 0 spiro atoms. The minimum atomic E-state index is -1.46. The van der Waals surface area contributed by atoms with Gasteiger partial charge < -0.3 is 14.8 Å². The normalized spacial score (nSPS) is 15.8. The fourth-order valence-corrected chi connectivity index (χ4v) is 1.58. The van der Waals surface area contributed by atoms with Crippen molar-refractivity contribution in [3.05, 3.63) is 0 Å². The van der Waals surface area contributed by atoms with E-state index in [1.165, 1.54) is 0 Å². The van der Waals surface area contributed by atoms with Gasteiger partial charge in [-0.25, -0.2) is 9.59 Å². The molecule has 0 saturated carbocycles. The highest BCUT2D eigenvalue weighted by atomic mass is 127. The molecule has 5 nitrogen and oxygen atoms in total. The summed E-state index contributed by atoms with van der Waals surface area (Å²) in [6.45, 7) is 10.3. The average molecular weight is 404 g/mol. The van der Waals surface area contributed by atoms with Crippen molar-refractivity contribution in [3.8, 4) is 0 Å². The number of hydrogen-bond donors (Lipinski definition) is 1. The van der Waals surface area contributed by atoms with Crippen LogP contribution in [0.2, 0.25) is 0 Å². The molecule has 0 heterocycles. The van der Waals surface area contributed by atoms with Crippen LogP contribution >= 0.6 is 22.6 Å². The van der Waals surface area contributed by atoms with Gasteiger partial charge in [0.05, 0.1) is 0 Å². The Kier molecular flexibility index (Phi) is 6.38. The molecule has 0 bridgehead atoms. The third-order valence-corrected chi connectivity index (χ3v) is 2.45. The second-order valence-electron chi connectivity index (χ2n) is 6.40. The smallest absolute Gasteiger partial charge is 0.408 e. The average Bonchev–Trinajstić information content (AvgIpc) is 2.17. The first kappa shape index (κ1) is 15.9. The van der Waals surface area contributed by atoms with Gasteiger partial charge in [0.15, 0.2) is 0 Å². The molecular weight excluding hydrogens is 376 g/mol. The molecule has 0 aromatic carbocycles. The Labute approximate surface area is 138 Å². The van der Waals surface area contributed by atoms with Gasteiger partial charge in [0.2, 0.25) is 0 Å². The summed E-state index contributed by atoms with van der Waals surface area (Å²) in [4.78, 5) is 24.0. The zero-order chi connectivity index (χ0) is 17.8. The van der Waals surface area contributed by atoms with Crippen LogP contribution in [0.25, 0.3) is 0 Å². The van der Waals surface area contributed by atoms with Gasteiger partial charge >= 0.3 is 12.1 Å². The molecule has 1 amide bonds. The van der Waals surface area contributed by atoms with E-state index in [0.29, 0.717) is 0 Å². The van der Waals surface area contributed by atoms with Crippen molar-refractivity contribution in [3.63, 3.8) is 0 Å². The Morgan fingerprint density at radius 3 is 2.05 bits per heavy atom. The molecule has 0 aliphatic heterocycles. The molecule has 0 unspecified atom stereocenters. The van der Waals surface area contributed by atoms with E-state index in [1.54, 1.807) is 64.1 Å². The van der Waals surface area contributed by atoms with Crippen LogP contribution in [0.4, 0.5) is 4.79 Å². The van der Waals surface area contributed by atoms with Gasteiger partial charge in [0, 0.05) is 2.74 Å². The maximum absolute atomic E-state index is 12.2. The predicted molar refractivity (Wildman–Crippen MR) is 87.1 cm³/mol. The van der Waals surface area contributed by atoms with E-state index in [2.05, 4.69) is 5.32 Å². The zero-order valence-corrected chi connectivity index (χ0v) is 15.2. The van der Waals surface area contributed by atoms with E-state index in [1.807, 2.05) is 0 Å². The highest BCUT2D eigenvalue weighted by Crippen LogP contribution is 2.13. The van der Waals surface area contributed by atoms with Crippen LogP contribution in [0.15, 0.2) is 0 Å². The van der Waals surface area contributed by atoms with Gasteiger partial charge in [-0.05, 0) is 58.8 Å². The fourth-order valence-electron chi connectivity index (χ4n) is 1.27. The second-order valence-corrected chi connectivity index (χ2v) is 7.17. The number of hydrogen-bond acceptors (Lipinski definition) is 4. The van der Waals surface area contributed by atoms with Crippen molar-refractivity contribution in [1.82, 2.24) is 5.32 Å². The number of nitrogens with one attached hydrogen (secondary N) is 1. The minimum absolute atomic E-state index is 0.104. The molecule has 0 aromatic heterocycles. The van der Waals surface area contributed by atoms with Gasteiger partial charge in [-0.2, -0.15) is 0 Å². The first-order chi connectivity index (χ1) is 9.59. The molecule has 0 aliphatic carbocycles. The van der Waals surface area contributed by atoms with Gasteiger partial charge in [0.25, 0.3) is 0 Å². The summed E-state index contributed by atoms with van der Waals surface area (Å²) < 4.78 is 24.0. The number of rotatable bonds is 5. The van der Waals surface area contributed by atoms with Crippen LogP contribution in [-0.2, 0) is 14.3 Å². The molecule has 0 fully saturated rings. The van der Waals surface area contributed by atoms with Crippen molar-refractivity contribution >= 4 is 34.7 Å². The number of carbonyl (C=O) groups excluding carboxylic acids is 2. The van der Waals surface area contributed by atoms with E-state index in [4.69, 9.17) is 12.2 Å². The fraction of sp³-hybridized carbons (Fsp3) is 0.857. The molecule has 6 heteroatoms. The van der Waals surface area contributed by atoms with Crippen LogP contribution in [0, 0.1) is 0 Å². The van der Waals surface area contributed by atoms with Crippen LogP contribution in [0.5, 0.6) is 0 Å². The van der Waals surface area contributed by atoms with E-state index in [-0.39, 0.29) is 12.8 Å². The molecule has 0 aliphatic rings. The monoisotopic (exact) mass is 404 g/mol. The molecule has 1 N–H and O–H groups in total. The zero-order valence-electron chi connectivity index (χ0n) is 15.0. The molecule has 0 rings (SSSR count). The van der Waals surface area contributed by atoms with Crippen molar-refractivity contribution in [2.75, 3.05) is 4.38 Å². The Bertz CT molecular complexity index is 397. The van der Waals surface area contributed by atoms with Crippen molar-refractivity contribution in [2.45, 2.75) is 71.6 Å². The Balaban J connectivity index is 4.86. The number of carbonyl (C=O) groups is 2. The van der Waals surface area contributed by atoms with Gasteiger partial charge in [-0.3, -0.25) is 0 Å². The number of alkyl carbamates (subject to hydrolysis) is 1. The SMILES string of the molecule is [2H][13C]([2H])(I)C[13CH2][C@@H]([15NH]C(=O)OC(C)(C)C)C(=O)OC(C)(C)C. The lowest BCUT2D eigenvalue weighted by Crippen LogP contribution is -2.46. The Morgan fingerprint density at radius 2 is 1.65 bits per heavy atom. The lowest BCUT2D eigenvalue weighted by molar-refractivity contribution is -0.157. The summed E-state index contributed by atoms with van der Waals surface area (Å²) in [7, 11) is 0. The van der Waals surface area contributed by atoms with E-state index in [0.717, 1.165) is 0 Å². The summed E-state index contributed by atoms with van der Waals surface area (Å²) in [5.41, 5.74) is -1.37. The van der Waals surface area contributed by atoms with Crippen molar-refractivity contribution < 1.29 is 21.8 Å². The summed E-state index contributed by atoms with van der Waals surface area (Å²) in [5.74, 6) is -0.598. The van der Waals surface area contributed by atoms with Gasteiger partial charge in [-0.15, -0.1) is 0 Å². The van der Waals surface area contributed by atoms with Gasteiger partial charge in [-0.1, -0.05) is 22.6 Å². The lowest BCUT2D eigenvalue weighted by atomic mass is 10.2. The van der Waals surface area contributed by atoms with Crippen LogP contribution in [0.3, 0.4) is 0 Å². The summed E-state index contributed by atoms with van der Waals surface area (Å²) in [6.07, 6.45) is -0.491. The summed E-state index contributed by atoms with van der Waals surface area (Å²) in [5, 5.41) is 2.46. The van der Waals surface area contributed by atoms with E-state index >= 15 is 0 Å². The largest absolute Gasteiger partial charge is 0.458 e. The van der Waals surface area contributed by atoms with E-state index in [9.17, 15) is 9.59 Å². The number of esters is 1. The molecule has 1 atom stereocenters. The number of ether oxygens (including phenoxy) is 2. The quantitative estimate of drug-likeness (QED) is 0.251. The maximum Gasteiger partial charge on any atom is 0.408 e. The summed E-state index contributed by atoms with van der Waals surface area (Å²) in [6, 6.07) is -0.945. The van der Waals surface area contributed by atoms with Crippen LogP contribution in [-0.4, -0.2) is 33.7 Å². The topological polar surface area (TPSA) is 64.6 Å².